The topological polar surface area (TPSA) is 42.7 Å². The summed E-state index contributed by atoms with van der Waals surface area (Å²) in [4.78, 5) is 4.41. The standard InChI is InChI=1S/C15H30N4/c1-12(2)19-13(16-11-18-19)10-15(6,7)8-9-17-14(3,4)5/h11-12,17H,8-10H2,1-7H3. The van der Waals surface area contributed by atoms with E-state index in [-0.39, 0.29) is 11.0 Å². The van der Waals surface area contributed by atoms with Gasteiger partial charge in [-0.25, -0.2) is 9.67 Å². The second-order valence-electron chi connectivity index (χ2n) is 7.48. The maximum atomic E-state index is 4.41. The average molecular weight is 266 g/mol. The Balaban J connectivity index is 2.56. The van der Waals surface area contributed by atoms with E-state index in [1.165, 1.54) is 0 Å². The molecule has 1 heterocycles. The number of hydrogen-bond donors (Lipinski definition) is 1. The first-order valence-electron chi connectivity index (χ1n) is 7.24. The maximum Gasteiger partial charge on any atom is 0.138 e. The Kier molecular flexibility index (Phi) is 5.13. The summed E-state index contributed by atoms with van der Waals surface area (Å²) in [7, 11) is 0. The van der Waals surface area contributed by atoms with E-state index in [4.69, 9.17) is 0 Å². The summed E-state index contributed by atoms with van der Waals surface area (Å²) in [5, 5.41) is 7.86. The molecule has 0 saturated heterocycles. The van der Waals surface area contributed by atoms with E-state index in [0.29, 0.717) is 6.04 Å². The number of aromatic nitrogens is 3. The molecule has 0 bridgehead atoms. The van der Waals surface area contributed by atoms with Gasteiger partial charge in [-0.15, -0.1) is 0 Å². The molecule has 0 spiro atoms. The third kappa shape index (κ3) is 5.72. The Hall–Kier alpha value is -0.900. The fourth-order valence-electron chi connectivity index (χ4n) is 2.12. The van der Waals surface area contributed by atoms with Crippen molar-refractivity contribution in [2.75, 3.05) is 6.54 Å². The van der Waals surface area contributed by atoms with Crippen molar-refractivity contribution in [3.05, 3.63) is 12.2 Å². The Bertz CT molecular complexity index is 385. The van der Waals surface area contributed by atoms with Gasteiger partial charge in [0.2, 0.25) is 0 Å². The van der Waals surface area contributed by atoms with Crippen molar-refractivity contribution in [2.24, 2.45) is 5.41 Å². The van der Waals surface area contributed by atoms with E-state index in [0.717, 1.165) is 25.2 Å². The lowest BCUT2D eigenvalue weighted by atomic mass is 9.85. The van der Waals surface area contributed by atoms with Crippen LogP contribution in [0.25, 0.3) is 0 Å². The summed E-state index contributed by atoms with van der Waals surface area (Å²) in [5.74, 6) is 1.09. The van der Waals surface area contributed by atoms with Crippen molar-refractivity contribution in [3.63, 3.8) is 0 Å². The van der Waals surface area contributed by atoms with E-state index >= 15 is 0 Å². The first-order chi connectivity index (χ1) is 8.61. The predicted octanol–water partition coefficient (Wildman–Crippen LogP) is 3.21. The first kappa shape index (κ1) is 16.2. The van der Waals surface area contributed by atoms with Gasteiger partial charge in [-0.1, -0.05) is 13.8 Å². The van der Waals surface area contributed by atoms with Crippen LogP contribution in [0, 0.1) is 5.41 Å². The molecule has 0 unspecified atom stereocenters. The highest BCUT2D eigenvalue weighted by Crippen LogP contribution is 2.25. The lowest BCUT2D eigenvalue weighted by Crippen LogP contribution is -2.38. The molecule has 0 aromatic carbocycles. The van der Waals surface area contributed by atoms with E-state index in [1.807, 2.05) is 4.68 Å². The van der Waals surface area contributed by atoms with Gasteiger partial charge < -0.3 is 5.32 Å². The van der Waals surface area contributed by atoms with Crippen LogP contribution in [0.5, 0.6) is 0 Å². The van der Waals surface area contributed by atoms with Crippen LogP contribution in [0.2, 0.25) is 0 Å². The second-order valence-corrected chi connectivity index (χ2v) is 7.48. The first-order valence-corrected chi connectivity index (χ1v) is 7.24. The molecule has 1 aromatic heterocycles. The average Bonchev–Trinajstić information content (AvgIpc) is 2.62. The maximum absolute atomic E-state index is 4.41. The highest BCUT2D eigenvalue weighted by Gasteiger charge is 2.22. The molecule has 110 valence electrons. The lowest BCUT2D eigenvalue weighted by Gasteiger charge is -2.28. The van der Waals surface area contributed by atoms with Crippen molar-refractivity contribution >= 4 is 0 Å². The second kappa shape index (κ2) is 6.04. The van der Waals surface area contributed by atoms with Crippen molar-refractivity contribution in [3.8, 4) is 0 Å². The van der Waals surface area contributed by atoms with E-state index in [2.05, 4.69) is 63.9 Å². The number of nitrogens with zero attached hydrogens (tertiary/aromatic N) is 3. The molecular formula is C15H30N4. The van der Waals surface area contributed by atoms with Crippen LogP contribution in [-0.2, 0) is 6.42 Å². The fraction of sp³-hybridized carbons (Fsp3) is 0.867. The van der Waals surface area contributed by atoms with Crippen LogP contribution in [0.4, 0.5) is 0 Å². The van der Waals surface area contributed by atoms with Crippen LogP contribution in [-0.4, -0.2) is 26.8 Å². The summed E-state index contributed by atoms with van der Waals surface area (Å²) < 4.78 is 2.03. The Morgan fingerprint density at radius 2 is 1.84 bits per heavy atom. The smallest absolute Gasteiger partial charge is 0.138 e. The summed E-state index contributed by atoms with van der Waals surface area (Å²) in [6, 6.07) is 0.376. The van der Waals surface area contributed by atoms with E-state index in [9.17, 15) is 0 Å². The van der Waals surface area contributed by atoms with Gasteiger partial charge in [-0.3, -0.25) is 0 Å². The molecule has 0 atom stereocenters. The van der Waals surface area contributed by atoms with Crippen molar-refractivity contribution in [1.82, 2.24) is 20.1 Å². The minimum absolute atomic E-state index is 0.189. The molecule has 19 heavy (non-hydrogen) atoms. The van der Waals surface area contributed by atoms with Crippen molar-refractivity contribution < 1.29 is 0 Å². The van der Waals surface area contributed by atoms with Gasteiger partial charge in [-0.05, 0) is 53.0 Å². The van der Waals surface area contributed by atoms with Crippen LogP contribution >= 0.6 is 0 Å². The highest BCUT2D eigenvalue weighted by atomic mass is 15.3. The largest absolute Gasteiger partial charge is 0.312 e. The molecule has 0 saturated carbocycles. The van der Waals surface area contributed by atoms with Gasteiger partial charge in [0.15, 0.2) is 0 Å². The summed E-state index contributed by atoms with van der Waals surface area (Å²) in [6.45, 7) is 16.5. The molecule has 0 aliphatic rings. The molecule has 0 radical (unpaired) electrons. The normalized spacial score (nSPS) is 13.3. The molecule has 4 nitrogen and oxygen atoms in total. The SMILES string of the molecule is CC(C)n1ncnc1CC(C)(C)CCNC(C)(C)C. The minimum Gasteiger partial charge on any atom is -0.312 e. The van der Waals surface area contributed by atoms with Crippen LogP contribution in [0.1, 0.15) is 66.8 Å². The third-order valence-corrected chi connectivity index (χ3v) is 3.23. The Labute approximate surface area is 118 Å². The number of rotatable bonds is 6. The molecule has 0 aliphatic carbocycles. The minimum atomic E-state index is 0.189. The molecule has 1 aromatic rings. The summed E-state index contributed by atoms with van der Waals surface area (Å²) in [6.07, 6.45) is 3.77. The molecule has 1 N–H and O–H groups in total. The molecule has 0 aliphatic heterocycles. The van der Waals surface area contributed by atoms with Crippen LogP contribution in [0.15, 0.2) is 6.33 Å². The van der Waals surface area contributed by atoms with Crippen LogP contribution in [0.3, 0.4) is 0 Å². The zero-order valence-corrected chi connectivity index (χ0v) is 13.6. The van der Waals surface area contributed by atoms with Gasteiger partial charge in [0.05, 0.1) is 0 Å². The molecule has 1 rings (SSSR count). The molecule has 4 heteroatoms. The Morgan fingerprint density at radius 1 is 1.21 bits per heavy atom. The zero-order valence-electron chi connectivity index (χ0n) is 13.6. The third-order valence-electron chi connectivity index (χ3n) is 3.23. The lowest BCUT2D eigenvalue weighted by molar-refractivity contribution is 0.290. The molecule has 0 amide bonds. The monoisotopic (exact) mass is 266 g/mol. The van der Waals surface area contributed by atoms with Crippen molar-refractivity contribution in [1.29, 1.82) is 0 Å². The molecular weight excluding hydrogens is 236 g/mol. The summed E-state index contributed by atoms with van der Waals surface area (Å²) >= 11 is 0. The van der Waals surface area contributed by atoms with E-state index in [1.54, 1.807) is 6.33 Å². The Morgan fingerprint density at radius 3 is 2.37 bits per heavy atom. The number of nitrogens with one attached hydrogen (secondary N) is 1. The zero-order chi connectivity index (χ0) is 14.7. The van der Waals surface area contributed by atoms with Gasteiger partial charge in [0.25, 0.3) is 0 Å². The molecule has 0 fully saturated rings. The number of hydrogen-bond acceptors (Lipinski definition) is 3. The van der Waals surface area contributed by atoms with Gasteiger partial charge in [-0.2, -0.15) is 5.10 Å². The van der Waals surface area contributed by atoms with Crippen molar-refractivity contribution in [2.45, 2.75) is 72.9 Å². The highest BCUT2D eigenvalue weighted by molar-refractivity contribution is 4.92. The van der Waals surface area contributed by atoms with Crippen LogP contribution < -0.4 is 5.32 Å². The quantitative estimate of drug-likeness (QED) is 0.859. The summed E-state index contributed by atoms with van der Waals surface area (Å²) in [5.41, 5.74) is 0.423. The van der Waals surface area contributed by atoms with Gasteiger partial charge in [0.1, 0.15) is 12.2 Å². The van der Waals surface area contributed by atoms with Gasteiger partial charge in [0, 0.05) is 18.0 Å². The fourth-order valence-corrected chi connectivity index (χ4v) is 2.12. The van der Waals surface area contributed by atoms with E-state index < -0.39 is 0 Å². The predicted molar refractivity (Wildman–Crippen MR) is 80.3 cm³/mol. The van der Waals surface area contributed by atoms with Gasteiger partial charge >= 0.3 is 0 Å².